The number of carbonyl (C=O) groups excluding carboxylic acids is 2. The number of halogens is 3. The van der Waals surface area contributed by atoms with Crippen LogP contribution in [0.2, 0.25) is 10.0 Å². The van der Waals surface area contributed by atoms with Crippen LogP contribution in [0.1, 0.15) is 31.9 Å². The molecule has 40 heavy (non-hydrogen) atoms. The molecular weight excluding hydrogens is 576 g/mol. The van der Waals surface area contributed by atoms with E-state index in [2.05, 4.69) is 5.32 Å². The molecule has 7 nitrogen and oxygen atoms in total. The van der Waals surface area contributed by atoms with Crippen molar-refractivity contribution >= 4 is 50.7 Å². The molecule has 0 saturated carbocycles. The summed E-state index contributed by atoms with van der Waals surface area (Å²) in [6.07, 6.45) is 0. The maximum absolute atomic E-state index is 13.9. The first kappa shape index (κ1) is 31.4. The third kappa shape index (κ3) is 7.96. The van der Waals surface area contributed by atoms with Gasteiger partial charge in [-0.2, -0.15) is 0 Å². The lowest BCUT2D eigenvalue weighted by Gasteiger charge is -2.32. The molecule has 0 aliphatic carbocycles. The van der Waals surface area contributed by atoms with Gasteiger partial charge in [-0.25, -0.2) is 12.8 Å². The number of nitrogens with one attached hydrogen (secondary N) is 1. The van der Waals surface area contributed by atoms with E-state index in [1.165, 1.54) is 11.0 Å². The molecule has 1 N–H and O–H groups in total. The third-order valence-electron chi connectivity index (χ3n) is 6.21. The quantitative estimate of drug-likeness (QED) is 0.297. The van der Waals surface area contributed by atoms with Crippen molar-refractivity contribution in [1.82, 2.24) is 10.2 Å². The number of rotatable bonds is 11. The number of nitrogens with zero attached hydrogens (tertiary/aromatic N) is 2. The number of carbonyl (C=O) groups is 2. The number of anilines is 1. The highest BCUT2D eigenvalue weighted by molar-refractivity contribution is 7.92. The summed E-state index contributed by atoms with van der Waals surface area (Å²) in [6.45, 7) is 7.04. The summed E-state index contributed by atoms with van der Waals surface area (Å²) >= 11 is 12.4. The summed E-state index contributed by atoms with van der Waals surface area (Å²) in [5, 5.41) is 3.53. The average molecular weight is 609 g/mol. The lowest BCUT2D eigenvalue weighted by atomic mass is 10.1. The maximum atomic E-state index is 13.9. The molecule has 3 rings (SSSR count). The van der Waals surface area contributed by atoms with Gasteiger partial charge < -0.3 is 10.2 Å². The fourth-order valence-corrected chi connectivity index (χ4v) is 5.72. The second-order valence-corrected chi connectivity index (χ2v) is 12.6. The number of sulfonamides is 1. The van der Waals surface area contributed by atoms with Crippen LogP contribution in [0, 0.1) is 18.7 Å². The monoisotopic (exact) mass is 607 g/mol. The lowest BCUT2D eigenvalue weighted by Crippen LogP contribution is -2.51. The van der Waals surface area contributed by atoms with Gasteiger partial charge in [-0.3, -0.25) is 13.9 Å². The Labute approximate surface area is 244 Å². The molecule has 3 aromatic carbocycles. The molecule has 0 heterocycles. The van der Waals surface area contributed by atoms with Crippen LogP contribution in [0.4, 0.5) is 10.1 Å². The van der Waals surface area contributed by atoms with E-state index in [0.717, 1.165) is 34.1 Å². The molecule has 0 saturated heterocycles. The van der Waals surface area contributed by atoms with E-state index in [9.17, 15) is 22.4 Å². The van der Waals surface area contributed by atoms with Crippen LogP contribution in [0.15, 0.2) is 71.6 Å². The number of aryl methyl sites for hydroxylation is 1. The summed E-state index contributed by atoms with van der Waals surface area (Å²) in [6, 6.07) is 14.8. The fourth-order valence-electron chi connectivity index (χ4n) is 3.84. The fraction of sp³-hybridized carbons (Fsp3) is 0.310. The molecule has 0 fully saturated rings. The third-order valence-corrected chi connectivity index (χ3v) is 8.59. The molecule has 0 aliphatic rings. The van der Waals surface area contributed by atoms with E-state index in [4.69, 9.17) is 23.2 Å². The predicted molar refractivity (Wildman–Crippen MR) is 156 cm³/mol. The number of benzene rings is 3. The van der Waals surface area contributed by atoms with Crippen LogP contribution >= 0.6 is 23.2 Å². The summed E-state index contributed by atoms with van der Waals surface area (Å²) in [4.78, 5) is 28.0. The molecule has 1 atom stereocenters. The van der Waals surface area contributed by atoms with Gasteiger partial charge in [0.1, 0.15) is 18.4 Å². The number of hydrogen-bond acceptors (Lipinski definition) is 4. The van der Waals surface area contributed by atoms with E-state index in [-0.39, 0.29) is 23.0 Å². The Morgan fingerprint density at radius 1 is 0.950 bits per heavy atom. The first-order valence-corrected chi connectivity index (χ1v) is 14.8. The molecule has 11 heteroatoms. The molecule has 214 valence electrons. The summed E-state index contributed by atoms with van der Waals surface area (Å²) in [7, 11) is -4.29. The molecule has 3 aromatic rings. The Morgan fingerprint density at radius 2 is 1.57 bits per heavy atom. The number of hydrogen-bond donors (Lipinski definition) is 1. The molecule has 0 spiro atoms. The molecular formula is C29H32Cl2FN3O4S. The maximum Gasteiger partial charge on any atom is 0.264 e. The minimum atomic E-state index is -4.29. The number of amides is 2. The zero-order valence-corrected chi connectivity index (χ0v) is 25.0. The molecule has 0 radical (unpaired) electrons. The van der Waals surface area contributed by atoms with Gasteiger partial charge in [0.2, 0.25) is 11.8 Å². The SMILES string of the molecule is Cc1ccc(N(CC(=O)N(Cc2ccc(Cl)cc2Cl)[C@H](C)C(=O)NCC(C)C)S(=O)(=O)c2ccc(F)cc2)cc1. The standard InChI is InChI=1S/C29H32Cl2FN3O4S/c1-19(2)16-33-29(37)21(4)34(17-22-7-8-23(30)15-27(22)31)28(36)18-35(25-11-5-20(3)6-12-25)40(38,39)26-13-9-24(32)10-14-26/h5-15,19,21H,16-18H2,1-4H3,(H,33,37)/t21-/m1/s1. The highest BCUT2D eigenvalue weighted by atomic mass is 35.5. The van der Waals surface area contributed by atoms with Crippen molar-refractivity contribution in [3.63, 3.8) is 0 Å². The zero-order valence-electron chi connectivity index (χ0n) is 22.7. The normalized spacial score (nSPS) is 12.2. The minimum absolute atomic E-state index is 0.0660. The Balaban J connectivity index is 2.03. The van der Waals surface area contributed by atoms with Crippen molar-refractivity contribution in [2.24, 2.45) is 5.92 Å². The van der Waals surface area contributed by atoms with Crippen LogP contribution in [0.25, 0.3) is 0 Å². The van der Waals surface area contributed by atoms with Crippen LogP contribution < -0.4 is 9.62 Å². The lowest BCUT2D eigenvalue weighted by molar-refractivity contribution is -0.139. The van der Waals surface area contributed by atoms with Gasteiger partial charge in [-0.1, -0.05) is 60.8 Å². The van der Waals surface area contributed by atoms with Crippen molar-refractivity contribution in [3.05, 3.63) is 93.7 Å². The van der Waals surface area contributed by atoms with Crippen molar-refractivity contribution in [3.8, 4) is 0 Å². The molecule has 0 bridgehead atoms. The Bertz CT molecular complexity index is 1450. The van der Waals surface area contributed by atoms with Gasteiger partial charge in [-0.05, 0) is 73.9 Å². The second kappa shape index (κ2) is 13.5. The van der Waals surface area contributed by atoms with E-state index < -0.39 is 40.2 Å². The average Bonchev–Trinajstić information content (AvgIpc) is 2.90. The largest absolute Gasteiger partial charge is 0.354 e. The molecule has 0 unspecified atom stereocenters. The van der Waals surface area contributed by atoms with E-state index >= 15 is 0 Å². The van der Waals surface area contributed by atoms with E-state index in [0.29, 0.717) is 22.2 Å². The van der Waals surface area contributed by atoms with Crippen LogP contribution in [-0.4, -0.2) is 44.3 Å². The molecule has 2 amide bonds. The Kier molecular flexibility index (Phi) is 10.6. The summed E-state index contributed by atoms with van der Waals surface area (Å²) in [5.74, 6) is -1.44. The molecule has 0 aliphatic heterocycles. The van der Waals surface area contributed by atoms with Gasteiger partial charge in [0.15, 0.2) is 0 Å². The minimum Gasteiger partial charge on any atom is -0.354 e. The zero-order chi connectivity index (χ0) is 29.6. The van der Waals surface area contributed by atoms with E-state index in [1.807, 2.05) is 20.8 Å². The second-order valence-electron chi connectivity index (χ2n) is 9.87. The van der Waals surface area contributed by atoms with Gasteiger partial charge in [0, 0.05) is 23.1 Å². The van der Waals surface area contributed by atoms with Crippen molar-refractivity contribution in [2.45, 2.75) is 45.2 Å². The molecule has 0 aromatic heterocycles. The van der Waals surface area contributed by atoms with Crippen molar-refractivity contribution in [2.75, 3.05) is 17.4 Å². The predicted octanol–water partition coefficient (Wildman–Crippen LogP) is 5.83. The van der Waals surface area contributed by atoms with Gasteiger partial charge in [-0.15, -0.1) is 0 Å². The highest BCUT2D eigenvalue weighted by Crippen LogP contribution is 2.27. The highest BCUT2D eigenvalue weighted by Gasteiger charge is 2.33. The Hall–Kier alpha value is -3.14. The van der Waals surface area contributed by atoms with E-state index in [1.54, 1.807) is 43.3 Å². The van der Waals surface area contributed by atoms with Gasteiger partial charge in [0.05, 0.1) is 10.6 Å². The first-order valence-electron chi connectivity index (χ1n) is 12.7. The smallest absolute Gasteiger partial charge is 0.264 e. The van der Waals surface area contributed by atoms with Gasteiger partial charge in [0.25, 0.3) is 10.0 Å². The van der Waals surface area contributed by atoms with Crippen LogP contribution in [0.5, 0.6) is 0 Å². The van der Waals surface area contributed by atoms with Crippen LogP contribution in [-0.2, 0) is 26.2 Å². The van der Waals surface area contributed by atoms with Crippen molar-refractivity contribution < 1.29 is 22.4 Å². The summed E-state index contributed by atoms with van der Waals surface area (Å²) in [5.41, 5.74) is 1.67. The first-order chi connectivity index (χ1) is 18.8. The topological polar surface area (TPSA) is 86.8 Å². The summed E-state index contributed by atoms with van der Waals surface area (Å²) < 4.78 is 42.0. The van der Waals surface area contributed by atoms with Crippen LogP contribution in [0.3, 0.4) is 0 Å². The van der Waals surface area contributed by atoms with Gasteiger partial charge >= 0.3 is 0 Å². The Morgan fingerprint density at radius 3 is 2.15 bits per heavy atom. The van der Waals surface area contributed by atoms with Crippen molar-refractivity contribution in [1.29, 1.82) is 0 Å².